The summed E-state index contributed by atoms with van der Waals surface area (Å²) in [7, 11) is 1.59. The van der Waals surface area contributed by atoms with E-state index in [2.05, 4.69) is 10.3 Å². The lowest BCUT2D eigenvalue weighted by molar-refractivity contribution is 0.102. The maximum absolute atomic E-state index is 12.1. The van der Waals surface area contributed by atoms with Gasteiger partial charge in [0.05, 0.1) is 12.8 Å². The number of benzene rings is 1. The van der Waals surface area contributed by atoms with Gasteiger partial charge in [-0.2, -0.15) is 0 Å². The number of rotatable bonds is 3. The zero-order valence-corrected chi connectivity index (χ0v) is 11.2. The fourth-order valence-corrected chi connectivity index (χ4v) is 2.00. The van der Waals surface area contributed by atoms with Crippen LogP contribution in [0.2, 0.25) is 0 Å². The molecule has 0 aliphatic rings. The van der Waals surface area contributed by atoms with E-state index in [1.165, 1.54) is 0 Å². The highest BCUT2D eigenvalue weighted by molar-refractivity contribution is 6.03. The van der Waals surface area contributed by atoms with Crippen molar-refractivity contribution >= 4 is 11.6 Å². The van der Waals surface area contributed by atoms with E-state index in [4.69, 9.17) is 4.74 Å². The molecule has 4 heteroatoms. The van der Waals surface area contributed by atoms with Crippen LogP contribution in [0.15, 0.2) is 36.5 Å². The van der Waals surface area contributed by atoms with Gasteiger partial charge in [0, 0.05) is 6.20 Å². The molecule has 1 aromatic carbocycles. The molecular formula is C15H16N2O2. The van der Waals surface area contributed by atoms with Crippen molar-refractivity contribution in [3.05, 3.63) is 53.3 Å². The Morgan fingerprint density at radius 3 is 2.68 bits per heavy atom. The van der Waals surface area contributed by atoms with E-state index in [9.17, 15) is 4.79 Å². The molecule has 0 atom stereocenters. The quantitative estimate of drug-likeness (QED) is 0.918. The van der Waals surface area contributed by atoms with Crippen LogP contribution in [0, 0.1) is 13.8 Å². The van der Waals surface area contributed by atoms with Gasteiger partial charge in [0.1, 0.15) is 11.4 Å². The number of nitrogens with one attached hydrogen (secondary N) is 1. The summed E-state index contributed by atoms with van der Waals surface area (Å²) in [6, 6.07) is 9.11. The van der Waals surface area contributed by atoms with Gasteiger partial charge in [0.25, 0.3) is 5.91 Å². The maximum Gasteiger partial charge on any atom is 0.274 e. The Balaban J connectivity index is 2.31. The van der Waals surface area contributed by atoms with Crippen molar-refractivity contribution in [1.29, 1.82) is 0 Å². The van der Waals surface area contributed by atoms with Crippen molar-refractivity contribution in [2.75, 3.05) is 12.4 Å². The van der Waals surface area contributed by atoms with Crippen LogP contribution in [-0.4, -0.2) is 18.0 Å². The van der Waals surface area contributed by atoms with Crippen LogP contribution in [0.1, 0.15) is 21.6 Å². The van der Waals surface area contributed by atoms with E-state index in [1.807, 2.05) is 26.0 Å². The van der Waals surface area contributed by atoms with Crippen molar-refractivity contribution in [3.63, 3.8) is 0 Å². The fourth-order valence-electron chi connectivity index (χ4n) is 2.00. The van der Waals surface area contributed by atoms with Gasteiger partial charge in [0.2, 0.25) is 0 Å². The second-order valence-corrected chi connectivity index (χ2v) is 4.33. The summed E-state index contributed by atoms with van der Waals surface area (Å²) in [5.74, 6) is 0.429. The van der Waals surface area contributed by atoms with Crippen molar-refractivity contribution in [2.45, 2.75) is 13.8 Å². The van der Waals surface area contributed by atoms with E-state index in [0.717, 1.165) is 11.1 Å². The second kappa shape index (κ2) is 5.52. The lowest BCUT2D eigenvalue weighted by Crippen LogP contribution is -2.14. The highest BCUT2D eigenvalue weighted by atomic mass is 16.5. The first kappa shape index (κ1) is 13.1. The maximum atomic E-state index is 12.1. The average Bonchev–Trinajstić information content (AvgIpc) is 2.39. The second-order valence-electron chi connectivity index (χ2n) is 4.33. The van der Waals surface area contributed by atoms with E-state index in [1.54, 1.807) is 31.5 Å². The molecule has 0 aliphatic carbocycles. The third kappa shape index (κ3) is 2.91. The van der Waals surface area contributed by atoms with E-state index >= 15 is 0 Å². The predicted octanol–water partition coefficient (Wildman–Crippen LogP) is 2.96. The minimum Gasteiger partial charge on any atom is -0.494 e. The first-order valence-electron chi connectivity index (χ1n) is 5.99. The number of pyridine rings is 1. The molecule has 0 aliphatic heterocycles. The number of anilines is 1. The number of hydrogen-bond donors (Lipinski definition) is 1. The minimum absolute atomic E-state index is 0.246. The molecule has 1 heterocycles. The Kier molecular flexibility index (Phi) is 3.80. The number of hydrogen-bond acceptors (Lipinski definition) is 3. The van der Waals surface area contributed by atoms with E-state index in [0.29, 0.717) is 17.1 Å². The highest BCUT2D eigenvalue weighted by Gasteiger charge is 2.12. The van der Waals surface area contributed by atoms with Crippen LogP contribution in [0.25, 0.3) is 0 Å². The van der Waals surface area contributed by atoms with Gasteiger partial charge in [-0.05, 0) is 43.2 Å². The van der Waals surface area contributed by atoms with Gasteiger partial charge >= 0.3 is 0 Å². The molecule has 2 rings (SSSR count). The van der Waals surface area contributed by atoms with Gasteiger partial charge in [-0.1, -0.05) is 12.1 Å². The molecule has 4 nitrogen and oxygen atoms in total. The summed E-state index contributed by atoms with van der Waals surface area (Å²) in [6.07, 6.45) is 1.59. The van der Waals surface area contributed by atoms with Crippen molar-refractivity contribution in [1.82, 2.24) is 4.98 Å². The number of nitrogens with zero attached hydrogens (tertiary/aromatic N) is 1. The Morgan fingerprint density at radius 1 is 1.26 bits per heavy atom. The zero-order chi connectivity index (χ0) is 13.8. The van der Waals surface area contributed by atoms with Crippen LogP contribution in [0.3, 0.4) is 0 Å². The first-order valence-corrected chi connectivity index (χ1v) is 5.99. The topological polar surface area (TPSA) is 51.2 Å². The van der Waals surface area contributed by atoms with Gasteiger partial charge < -0.3 is 10.1 Å². The van der Waals surface area contributed by atoms with Crippen LogP contribution in [0.4, 0.5) is 5.69 Å². The number of amides is 1. The highest BCUT2D eigenvalue weighted by Crippen LogP contribution is 2.30. The predicted molar refractivity (Wildman–Crippen MR) is 74.7 cm³/mol. The molecule has 98 valence electrons. The minimum atomic E-state index is -0.246. The van der Waals surface area contributed by atoms with Crippen LogP contribution in [0.5, 0.6) is 5.75 Å². The zero-order valence-electron chi connectivity index (χ0n) is 11.2. The van der Waals surface area contributed by atoms with Crippen molar-refractivity contribution in [2.24, 2.45) is 0 Å². The Labute approximate surface area is 112 Å². The molecule has 0 saturated heterocycles. The molecule has 0 fully saturated rings. The lowest BCUT2D eigenvalue weighted by atomic mass is 10.1. The van der Waals surface area contributed by atoms with Gasteiger partial charge in [-0.3, -0.25) is 9.78 Å². The van der Waals surface area contributed by atoms with Gasteiger partial charge in [0.15, 0.2) is 0 Å². The molecular weight excluding hydrogens is 240 g/mol. The molecule has 1 aromatic heterocycles. The number of aryl methyl sites for hydroxylation is 2. The summed E-state index contributed by atoms with van der Waals surface area (Å²) in [5.41, 5.74) is 3.09. The Hall–Kier alpha value is -2.36. The van der Waals surface area contributed by atoms with Crippen LogP contribution in [-0.2, 0) is 0 Å². The lowest BCUT2D eigenvalue weighted by Gasteiger charge is -2.13. The number of ether oxygens (including phenoxy) is 1. The number of methoxy groups -OCH3 is 1. The average molecular weight is 256 g/mol. The SMILES string of the molecule is COc1c(C)cc(C)cc1NC(=O)c1ccccn1. The Morgan fingerprint density at radius 2 is 2.05 bits per heavy atom. The van der Waals surface area contributed by atoms with Crippen molar-refractivity contribution in [3.8, 4) is 5.75 Å². The number of aromatic nitrogens is 1. The smallest absolute Gasteiger partial charge is 0.274 e. The monoisotopic (exact) mass is 256 g/mol. The van der Waals surface area contributed by atoms with E-state index < -0.39 is 0 Å². The van der Waals surface area contributed by atoms with Crippen LogP contribution < -0.4 is 10.1 Å². The third-order valence-electron chi connectivity index (χ3n) is 2.77. The normalized spacial score (nSPS) is 10.1. The fraction of sp³-hybridized carbons (Fsp3) is 0.200. The molecule has 19 heavy (non-hydrogen) atoms. The van der Waals surface area contributed by atoms with Gasteiger partial charge in [-0.25, -0.2) is 0 Å². The molecule has 0 bridgehead atoms. The molecule has 1 N–H and O–H groups in total. The molecule has 0 spiro atoms. The van der Waals surface area contributed by atoms with Gasteiger partial charge in [-0.15, -0.1) is 0 Å². The summed E-state index contributed by atoms with van der Waals surface area (Å²) in [6.45, 7) is 3.92. The molecule has 0 unspecified atom stereocenters. The standard InChI is InChI=1S/C15H16N2O2/c1-10-8-11(2)14(19-3)13(9-10)17-15(18)12-6-4-5-7-16-12/h4-9H,1-3H3,(H,17,18). The number of carbonyl (C=O) groups excluding carboxylic acids is 1. The third-order valence-corrected chi connectivity index (χ3v) is 2.77. The Bertz CT molecular complexity index is 595. The number of carbonyl (C=O) groups is 1. The first-order chi connectivity index (χ1) is 9.11. The summed E-state index contributed by atoms with van der Waals surface area (Å²) < 4.78 is 5.33. The van der Waals surface area contributed by atoms with E-state index in [-0.39, 0.29) is 5.91 Å². The molecule has 0 saturated carbocycles. The summed E-state index contributed by atoms with van der Waals surface area (Å²) in [4.78, 5) is 16.1. The molecule has 1 amide bonds. The summed E-state index contributed by atoms with van der Waals surface area (Å²) >= 11 is 0. The summed E-state index contributed by atoms with van der Waals surface area (Å²) in [5, 5.41) is 2.83. The van der Waals surface area contributed by atoms with Crippen LogP contribution >= 0.6 is 0 Å². The molecule has 2 aromatic rings. The molecule has 0 radical (unpaired) electrons. The largest absolute Gasteiger partial charge is 0.494 e. The van der Waals surface area contributed by atoms with Crippen molar-refractivity contribution < 1.29 is 9.53 Å².